The SMILES string of the molecule is CN1C(=N)N[C@](C)(c2cccc(C#N)c2)[C@H](c2ccc(C(C)(C)O)cc2)C1=O. The molecule has 2 aromatic carbocycles. The van der Waals surface area contributed by atoms with E-state index in [2.05, 4.69) is 11.4 Å². The molecule has 1 saturated heterocycles. The maximum Gasteiger partial charge on any atom is 0.239 e. The van der Waals surface area contributed by atoms with Crippen molar-refractivity contribution in [3.63, 3.8) is 0 Å². The maximum atomic E-state index is 13.2. The Kier molecular flexibility index (Phi) is 4.74. The fourth-order valence-corrected chi connectivity index (χ4v) is 3.66. The summed E-state index contributed by atoms with van der Waals surface area (Å²) < 4.78 is 0. The van der Waals surface area contributed by atoms with Crippen LogP contribution in [0.4, 0.5) is 0 Å². The van der Waals surface area contributed by atoms with Gasteiger partial charge in [0.25, 0.3) is 0 Å². The van der Waals surface area contributed by atoms with Gasteiger partial charge in [-0.3, -0.25) is 15.1 Å². The Morgan fingerprint density at radius 3 is 2.46 bits per heavy atom. The van der Waals surface area contributed by atoms with Crippen LogP contribution in [0.25, 0.3) is 0 Å². The first kappa shape index (κ1) is 19.6. The van der Waals surface area contributed by atoms with Crippen molar-refractivity contribution in [2.24, 2.45) is 0 Å². The topological polar surface area (TPSA) is 100 Å². The standard InChI is InChI=1S/C22H24N4O2/c1-21(2,28)16-10-8-15(9-11-16)18-19(27)26(4)20(24)25-22(18,3)17-7-5-6-14(12-17)13-23/h5-12,18,28H,1-4H3,(H2,24,25)/t18-,22-/m1/s1. The number of nitriles is 1. The molecule has 28 heavy (non-hydrogen) atoms. The highest BCUT2D eigenvalue weighted by Gasteiger charge is 2.48. The highest BCUT2D eigenvalue weighted by Crippen LogP contribution is 2.41. The maximum absolute atomic E-state index is 13.2. The Hall–Kier alpha value is -3.17. The van der Waals surface area contributed by atoms with Crippen LogP contribution >= 0.6 is 0 Å². The van der Waals surface area contributed by atoms with Crippen molar-refractivity contribution < 1.29 is 9.90 Å². The Labute approximate surface area is 164 Å². The largest absolute Gasteiger partial charge is 0.386 e. The molecule has 6 nitrogen and oxygen atoms in total. The summed E-state index contributed by atoms with van der Waals surface area (Å²) in [5.74, 6) is -0.791. The van der Waals surface area contributed by atoms with E-state index in [0.717, 1.165) is 16.7 Å². The van der Waals surface area contributed by atoms with E-state index in [0.29, 0.717) is 5.56 Å². The smallest absolute Gasteiger partial charge is 0.239 e. The van der Waals surface area contributed by atoms with Crippen molar-refractivity contribution >= 4 is 11.9 Å². The van der Waals surface area contributed by atoms with E-state index in [1.807, 2.05) is 37.3 Å². The first-order chi connectivity index (χ1) is 13.1. The Morgan fingerprint density at radius 1 is 1.25 bits per heavy atom. The minimum Gasteiger partial charge on any atom is -0.386 e. The fourth-order valence-electron chi connectivity index (χ4n) is 3.66. The van der Waals surface area contributed by atoms with Gasteiger partial charge >= 0.3 is 0 Å². The van der Waals surface area contributed by atoms with Gasteiger partial charge in [0.2, 0.25) is 5.91 Å². The Bertz CT molecular complexity index is 969. The monoisotopic (exact) mass is 376 g/mol. The van der Waals surface area contributed by atoms with Gasteiger partial charge < -0.3 is 10.4 Å². The van der Waals surface area contributed by atoms with Crippen molar-refractivity contribution in [1.82, 2.24) is 10.2 Å². The molecule has 1 heterocycles. The zero-order valence-electron chi connectivity index (χ0n) is 16.4. The zero-order valence-corrected chi connectivity index (χ0v) is 16.4. The quantitative estimate of drug-likeness (QED) is 0.767. The number of benzene rings is 2. The van der Waals surface area contributed by atoms with E-state index in [1.54, 1.807) is 39.1 Å². The van der Waals surface area contributed by atoms with Gasteiger partial charge in [0, 0.05) is 7.05 Å². The van der Waals surface area contributed by atoms with Gasteiger partial charge in [-0.2, -0.15) is 5.26 Å². The lowest BCUT2D eigenvalue weighted by Crippen LogP contribution is -2.62. The van der Waals surface area contributed by atoms with Crippen molar-refractivity contribution in [2.75, 3.05) is 7.05 Å². The molecule has 1 fully saturated rings. The van der Waals surface area contributed by atoms with Gasteiger partial charge in [0.15, 0.2) is 5.96 Å². The zero-order chi connectivity index (χ0) is 20.7. The van der Waals surface area contributed by atoms with Crippen LogP contribution in [0.1, 0.15) is 48.9 Å². The number of aliphatic hydroxyl groups is 1. The molecule has 0 radical (unpaired) electrons. The lowest BCUT2D eigenvalue weighted by molar-refractivity contribution is -0.131. The summed E-state index contributed by atoms with van der Waals surface area (Å²) in [5.41, 5.74) is 0.904. The predicted octanol–water partition coefficient (Wildman–Crippen LogP) is 2.78. The van der Waals surface area contributed by atoms with Crippen molar-refractivity contribution in [3.05, 3.63) is 70.8 Å². The molecule has 1 aliphatic heterocycles. The molecule has 0 aliphatic carbocycles. The summed E-state index contributed by atoms with van der Waals surface area (Å²) in [4.78, 5) is 14.5. The van der Waals surface area contributed by atoms with Crippen LogP contribution in [-0.2, 0) is 15.9 Å². The van der Waals surface area contributed by atoms with Crippen molar-refractivity contribution in [3.8, 4) is 6.07 Å². The average molecular weight is 376 g/mol. The number of likely N-dealkylation sites (N-methyl/N-ethyl adjacent to an activating group) is 1. The van der Waals surface area contributed by atoms with Crippen LogP contribution in [0.3, 0.4) is 0 Å². The molecule has 0 unspecified atom stereocenters. The summed E-state index contributed by atoms with van der Waals surface area (Å²) in [6, 6.07) is 16.5. The highest BCUT2D eigenvalue weighted by molar-refractivity contribution is 6.02. The first-order valence-corrected chi connectivity index (χ1v) is 9.05. The summed E-state index contributed by atoms with van der Waals surface area (Å²) in [7, 11) is 1.57. The Morgan fingerprint density at radius 2 is 1.89 bits per heavy atom. The number of guanidine groups is 1. The van der Waals surface area contributed by atoms with Crippen LogP contribution in [0.15, 0.2) is 48.5 Å². The van der Waals surface area contributed by atoms with E-state index in [1.165, 1.54) is 4.90 Å². The number of carbonyl (C=O) groups is 1. The second-order valence-electron chi connectivity index (χ2n) is 7.88. The lowest BCUT2D eigenvalue weighted by Gasteiger charge is -2.46. The van der Waals surface area contributed by atoms with Crippen LogP contribution in [0.2, 0.25) is 0 Å². The third-order valence-corrected chi connectivity index (χ3v) is 5.41. The van der Waals surface area contributed by atoms with E-state index >= 15 is 0 Å². The second kappa shape index (κ2) is 6.77. The van der Waals surface area contributed by atoms with E-state index < -0.39 is 17.1 Å². The van der Waals surface area contributed by atoms with Crippen LogP contribution in [0, 0.1) is 16.7 Å². The normalized spacial score (nSPS) is 22.6. The molecule has 0 aromatic heterocycles. The van der Waals surface area contributed by atoms with Crippen LogP contribution < -0.4 is 5.32 Å². The predicted molar refractivity (Wildman–Crippen MR) is 107 cm³/mol. The second-order valence-corrected chi connectivity index (χ2v) is 7.88. The molecule has 144 valence electrons. The minimum atomic E-state index is -0.975. The van der Waals surface area contributed by atoms with Gasteiger partial charge in [-0.1, -0.05) is 36.4 Å². The van der Waals surface area contributed by atoms with Gasteiger partial charge in [-0.05, 0) is 49.6 Å². The van der Waals surface area contributed by atoms with E-state index in [4.69, 9.17) is 5.41 Å². The van der Waals surface area contributed by atoms with Crippen molar-refractivity contribution in [1.29, 1.82) is 10.7 Å². The average Bonchev–Trinajstić information content (AvgIpc) is 2.66. The van der Waals surface area contributed by atoms with Gasteiger partial charge in [0.05, 0.1) is 28.7 Å². The van der Waals surface area contributed by atoms with Crippen LogP contribution in [0.5, 0.6) is 0 Å². The number of nitrogens with one attached hydrogen (secondary N) is 2. The third-order valence-electron chi connectivity index (χ3n) is 5.41. The molecule has 0 saturated carbocycles. The molecule has 2 aromatic rings. The van der Waals surface area contributed by atoms with Crippen molar-refractivity contribution in [2.45, 2.75) is 37.8 Å². The van der Waals surface area contributed by atoms with Gasteiger partial charge in [-0.15, -0.1) is 0 Å². The molecule has 3 N–H and O–H groups in total. The van der Waals surface area contributed by atoms with Crippen LogP contribution in [-0.4, -0.2) is 28.9 Å². The first-order valence-electron chi connectivity index (χ1n) is 9.05. The summed E-state index contributed by atoms with van der Waals surface area (Å²) >= 11 is 0. The van der Waals surface area contributed by atoms with E-state index in [9.17, 15) is 15.2 Å². The summed E-state index contributed by atoms with van der Waals surface area (Å²) in [5, 5.41) is 30.8. The number of nitrogens with zero attached hydrogens (tertiary/aromatic N) is 2. The number of carbonyl (C=O) groups excluding carboxylic acids is 1. The molecule has 1 amide bonds. The molecule has 0 spiro atoms. The number of amides is 1. The summed E-state index contributed by atoms with van der Waals surface area (Å²) in [6.45, 7) is 5.29. The fraction of sp³-hybridized carbons (Fsp3) is 0.318. The number of hydrogen-bond donors (Lipinski definition) is 3. The van der Waals surface area contributed by atoms with E-state index in [-0.39, 0.29) is 11.9 Å². The lowest BCUT2D eigenvalue weighted by atomic mass is 9.73. The molecular weight excluding hydrogens is 352 g/mol. The Balaban J connectivity index is 2.14. The highest BCUT2D eigenvalue weighted by atomic mass is 16.3. The molecule has 3 rings (SSSR count). The minimum absolute atomic E-state index is 0.0132. The molecule has 0 bridgehead atoms. The molecule has 2 atom stereocenters. The number of hydrogen-bond acceptors (Lipinski definition) is 4. The molecular formula is C22H24N4O2. The number of rotatable bonds is 3. The van der Waals surface area contributed by atoms with Gasteiger partial charge in [-0.25, -0.2) is 0 Å². The molecule has 1 aliphatic rings. The van der Waals surface area contributed by atoms with Gasteiger partial charge in [0.1, 0.15) is 0 Å². The third kappa shape index (κ3) is 3.25. The molecule has 6 heteroatoms. The summed E-state index contributed by atoms with van der Waals surface area (Å²) in [6.07, 6.45) is 0.